The average molecular weight is 349 g/mol. The summed E-state index contributed by atoms with van der Waals surface area (Å²) in [5.74, 6) is -0.260. The number of carbonyl (C=O) groups is 1. The number of benzene rings is 1. The lowest BCUT2D eigenvalue weighted by Crippen LogP contribution is -2.17. The first-order chi connectivity index (χ1) is 11.6. The van der Waals surface area contributed by atoms with Gasteiger partial charge in [-0.3, -0.25) is 0 Å². The van der Waals surface area contributed by atoms with E-state index in [0.29, 0.717) is 16.6 Å². The van der Waals surface area contributed by atoms with E-state index in [1.165, 1.54) is 38.7 Å². The zero-order valence-electron chi connectivity index (χ0n) is 13.2. The number of aromatic hydroxyl groups is 1. The van der Waals surface area contributed by atoms with E-state index in [9.17, 15) is 9.90 Å². The van der Waals surface area contributed by atoms with Crippen molar-refractivity contribution >= 4 is 34.4 Å². The van der Waals surface area contributed by atoms with Crippen molar-refractivity contribution in [3.63, 3.8) is 0 Å². The smallest absolute Gasteiger partial charge is 0.362 e. The van der Waals surface area contributed by atoms with Crippen LogP contribution in [0.25, 0.3) is 0 Å². The highest BCUT2D eigenvalue weighted by Crippen LogP contribution is 2.26. The Morgan fingerprint density at radius 1 is 1.33 bits per heavy atom. The number of carbonyl (C=O) groups excluding carboxylic acids is 1. The van der Waals surface area contributed by atoms with Gasteiger partial charge in [-0.2, -0.15) is 0 Å². The van der Waals surface area contributed by atoms with E-state index < -0.39 is 5.97 Å². The van der Waals surface area contributed by atoms with E-state index in [1.54, 1.807) is 23.7 Å². The third-order valence-electron chi connectivity index (χ3n) is 2.82. The molecule has 0 amide bonds. The number of phenols is 1. The van der Waals surface area contributed by atoms with Gasteiger partial charge in [0.2, 0.25) is 10.8 Å². The molecule has 0 spiro atoms. The number of hydrogen-bond acceptors (Lipinski definition) is 9. The topological polar surface area (TPSA) is 103 Å². The molecule has 9 heteroatoms. The van der Waals surface area contributed by atoms with Crippen molar-refractivity contribution in [1.82, 2.24) is 4.98 Å². The molecular weight excluding hydrogens is 334 g/mol. The first-order valence-corrected chi connectivity index (χ1v) is 7.53. The number of nitrogens with zero attached hydrogens (tertiary/aromatic N) is 3. The van der Waals surface area contributed by atoms with Gasteiger partial charge in [0, 0.05) is 11.6 Å². The van der Waals surface area contributed by atoms with E-state index >= 15 is 0 Å². The molecule has 0 atom stereocenters. The number of thiazole rings is 1. The van der Waals surface area contributed by atoms with Gasteiger partial charge >= 0.3 is 5.97 Å². The third-order valence-corrected chi connectivity index (χ3v) is 3.57. The summed E-state index contributed by atoms with van der Waals surface area (Å²) in [6.45, 7) is 0. The molecule has 0 aliphatic heterocycles. The summed E-state index contributed by atoms with van der Waals surface area (Å²) in [4.78, 5) is 24.7. The second-order valence-electron chi connectivity index (χ2n) is 4.32. The van der Waals surface area contributed by atoms with Crippen molar-refractivity contribution in [1.29, 1.82) is 0 Å². The van der Waals surface area contributed by atoms with Gasteiger partial charge in [0.15, 0.2) is 11.5 Å². The minimum absolute atomic E-state index is 0.0380. The standard InChI is InChI=1S/C15H15N3O5S/c1-21-12-6-9(4-5-11(12)19)7-16-15-17-10(8-24-15)13(18-23-3)14(20)22-2/h4-8,19H,1-3H3/b16-7+,18-13-. The van der Waals surface area contributed by atoms with Gasteiger partial charge in [-0.1, -0.05) is 5.16 Å². The molecule has 1 heterocycles. The van der Waals surface area contributed by atoms with Gasteiger partial charge < -0.3 is 19.4 Å². The van der Waals surface area contributed by atoms with Gasteiger partial charge in [-0.15, -0.1) is 11.3 Å². The second kappa shape index (κ2) is 8.06. The third kappa shape index (κ3) is 4.07. The van der Waals surface area contributed by atoms with Crippen LogP contribution in [0, 0.1) is 0 Å². The number of methoxy groups -OCH3 is 2. The Labute approximate surface area is 142 Å². The monoisotopic (exact) mass is 349 g/mol. The second-order valence-corrected chi connectivity index (χ2v) is 5.16. The normalized spacial score (nSPS) is 11.5. The van der Waals surface area contributed by atoms with Crippen LogP contribution in [0.4, 0.5) is 5.13 Å². The first-order valence-electron chi connectivity index (χ1n) is 6.65. The fraction of sp³-hybridized carbons (Fsp3) is 0.200. The molecule has 0 fully saturated rings. The van der Waals surface area contributed by atoms with Gasteiger partial charge in [-0.05, 0) is 23.8 Å². The molecule has 1 N–H and O–H groups in total. The molecule has 2 aromatic rings. The van der Waals surface area contributed by atoms with E-state index in [-0.39, 0.29) is 11.5 Å². The minimum Gasteiger partial charge on any atom is -0.504 e. The highest BCUT2D eigenvalue weighted by molar-refractivity contribution is 7.13. The van der Waals surface area contributed by atoms with E-state index in [4.69, 9.17) is 4.74 Å². The van der Waals surface area contributed by atoms with E-state index in [1.807, 2.05) is 0 Å². The van der Waals surface area contributed by atoms with E-state index in [0.717, 1.165) is 5.56 Å². The molecule has 8 nitrogen and oxygen atoms in total. The van der Waals surface area contributed by atoms with Gasteiger partial charge in [0.1, 0.15) is 12.8 Å². The highest BCUT2D eigenvalue weighted by atomic mass is 32.1. The van der Waals surface area contributed by atoms with Gasteiger partial charge in [0.05, 0.1) is 14.2 Å². The highest BCUT2D eigenvalue weighted by Gasteiger charge is 2.19. The molecule has 1 aromatic heterocycles. The maximum atomic E-state index is 11.6. The van der Waals surface area contributed by atoms with Crippen molar-refractivity contribution in [3.05, 3.63) is 34.8 Å². The summed E-state index contributed by atoms with van der Waals surface area (Å²) in [7, 11) is 4.04. The first kappa shape index (κ1) is 17.4. The maximum Gasteiger partial charge on any atom is 0.362 e. The van der Waals surface area contributed by atoms with Crippen LogP contribution >= 0.6 is 11.3 Å². The quantitative estimate of drug-likeness (QED) is 0.487. The number of aliphatic imine (C=N–C) groups is 1. The van der Waals surface area contributed by atoms with Crippen molar-refractivity contribution < 1.29 is 24.2 Å². The van der Waals surface area contributed by atoms with Crippen LogP contribution in [-0.2, 0) is 14.4 Å². The number of aromatic nitrogens is 1. The molecule has 2 rings (SSSR count). The molecule has 1 aromatic carbocycles. The molecule has 0 unspecified atom stereocenters. The van der Waals surface area contributed by atoms with Gasteiger partial charge in [0.25, 0.3) is 0 Å². The van der Waals surface area contributed by atoms with Crippen molar-refractivity contribution in [2.24, 2.45) is 10.1 Å². The summed E-state index contributed by atoms with van der Waals surface area (Å²) < 4.78 is 9.67. The molecule has 126 valence electrons. The summed E-state index contributed by atoms with van der Waals surface area (Å²) >= 11 is 1.23. The summed E-state index contributed by atoms with van der Waals surface area (Å²) in [5, 5.41) is 15.2. The van der Waals surface area contributed by atoms with Crippen LogP contribution in [-0.4, -0.2) is 49.3 Å². The lowest BCUT2D eigenvalue weighted by molar-refractivity contribution is -0.132. The number of phenolic OH excluding ortho intramolecular Hbond substituents is 1. The SMILES string of the molecule is CO/N=C(\C(=O)OC)c1csc(/N=C/c2ccc(O)c(OC)c2)n1. The summed E-state index contributed by atoms with van der Waals surface area (Å²) in [5.41, 5.74) is 0.994. The Morgan fingerprint density at radius 3 is 2.79 bits per heavy atom. The number of oxime groups is 1. The van der Waals surface area contributed by atoms with E-state index in [2.05, 4.69) is 24.7 Å². The van der Waals surface area contributed by atoms with Crippen LogP contribution in [0.3, 0.4) is 0 Å². The Kier molecular flexibility index (Phi) is 5.85. The lowest BCUT2D eigenvalue weighted by Gasteiger charge is -2.02. The number of hydrogen-bond donors (Lipinski definition) is 1. The summed E-state index contributed by atoms with van der Waals surface area (Å²) in [6, 6.07) is 4.83. The maximum absolute atomic E-state index is 11.6. The molecule has 0 bridgehead atoms. The summed E-state index contributed by atoms with van der Waals surface area (Å²) in [6.07, 6.45) is 1.57. The Morgan fingerprint density at radius 2 is 2.12 bits per heavy atom. The number of esters is 1. The minimum atomic E-state index is -0.652. The zero-order chi connectivity index (χ0) is 17.5. The fourth-order valence-corrected chi connectivity index (χ4v) is 2.36. The molecule has 0 saturated heterocycles. The zero-order valence-corrected chi connectivity index (χ0v) is 14.0. The molecule has 0 aliphatic carbocycles. The van der Waals surface area contributed by atoms with Crippen LogP contribution in [0.1, 0.15) is 11.3 Å². The van der Waals surface area contributed by atoms with Crippen LogP contribution < -0.4 is 4.74 Å². The van der Waals surface area contributed by atoms with Crippen LogP contribution in [0.2, 0.25) is 0 Å². The average Bonchev–Trinajstić information content (AvgIpc) is 3.06. The molecule has 0 aliphatic rings. The number of ether oxygens (including phenoxy) is 2. The predicted molar refractivity (Wildman–Crippen MR) is 89.6 cm³/mol. The van der Waals surface area contributed by atoms with Crippen molar-refractivity contribution in [2.45, 2.75) is 0 Å². The molecule has 0 saturated carbocycles. The number of rotatable bonds is 6. The van der Waals surface area contributed by atoms with Crippen molar-refractivity contribution in [3.8, 4) is 11.5 Å². The molecule has 0 radical (unpaired) electrons. The Bertz CT molecular complexity index is 785. The van der Waals surface area contributed by atoms with Crippen LogP contribution in [0.15, 0.2) is 33.7 Å². The Balaban J connectivity index is 2.22. The largest absolute Gasteiger partial charge is 0.504 e. The fourth-order valence-electron chi connectivity index (χ4n) is 1.71. The lowest BCUT2D eigenvalue weighted by atomic mass is 10.2. The Hall–Kier alpha value is -2.94. The molecule has 24 heavy (non-hydrogen) atoms. The van der Waals surface area contributed by atoms with Crippen molar-refractivity contribution in [2.75, 3.05) is 21.3 Å². The van der Waals surface area contributed by atoms with Crippen LogP contribution in [0.5, 0.6) is 11.5 Å². The van der Waals surface area contributed by atoms with Gasteiger partial charge in [-0.25, -0.2) is 14.8 Å². The predicted octanol–water partition coefficient (Wildman–Crippen LogP) is 2.13. The molecular formula is C15H15N3O5S.